The maximum atomic E-state index is 8.82. The van der Waals surface area contributed by atoms with Gasteiger partial charge < -0.3 is 4.74 Å². The lowest BCUT2D eigenvalue weighted by atomic mass is 10.1. The Balaban J connectivity index is 2.11. The summed E-state index contributed by atoms with van der Waals surface area (Å²) in [5.41, 5.74) is 2.49. The van der Waals surface area contributed by atoms with E-state index in [1.165, 1.54) is 0 Å². The van der Waals surface area contributed by atoms with Crippen LogP contribution in [-0.2, 0) is 13.7 Å². The van der Waals surface area contributed by atoms with Crippen LogP contribution in [0.25, 0.3) is 0 Å². The minimum atomic E-state index is 0.413. The van der Waals surface area contributed by atoms with Crippen LogP contribution < -0.4 is 4.74 Å². The zero-order chi connectivity index (χ0) is 12.3. The largest absolute Gasteiger partial charge is 0.487 e. The fourth-order valence-electron chi connectivity index (χ4n) is 1.52. The molecule has 0 aliphatic heterocycles. The van der Waals surface area contributed by atoms with E-state index in [1.807, 2.05) is 32.3 Å². The number of ether oxygens (including phenoxy) is 1. The molecule has 2 rings (SSSR count). The van der Waals surface area contributed by atoms with Gasteiger partial charge in [0.1, 0.15) is 12.4 Å². The van der Waals surface area contributed by atoms with Crippen molar-refractivity contribution in [1.82, 2.24) is 9.78 Å². The molecule has 4 heteroatoms. The Morgan fingerprint density at radius 2 is 2.24 bits per heavy atom. The second kappa shape index (κ2) is 4.71. The molecule has 0 atom stereocenters. The molecule has 86 valence electrons. The van der Waals surface area contributed by atoms with E-state index in [9.17, 15) is 0 Å². The normalized spacial score (nSPS) is 9.94. The maximum absolute atomic E-state index is 8.82. The lowest BCUT2D eigenvalue weighted by Crippen LogP contribution is -1.99. The number of hydrogen-bond donors (Lipinski definition) is 0. The molecule has 0 aliphatic rings. The molecule has 1 heterocycles. The van der Waals surface area contributed by atoms with Gasteiger partial charge in [-0.1, -0.05) is 6.07 Å². The first-order valence-corrected chi connectivity index (χ1v) is 5.31. The van der Waals surface area contributed by atoms with Gasteiger partial charge in [-0.05, 0) is 30.7 Å². The molecule has 1 aromatic carbocycles. The fraction of sp³-hybridized carbons (Fsp3) is 0.231. The van der Waals surface area contributed by atoms with Gasteiger partial charge in [-0.3, -0.25) is 4.68 Å². The van der Waals surface area contributed by atoms with E-state index in [2.05, 4.69) is 11.2 Å². The summed E-state index contributed by atoms with van der Waals surface area (Å²) in [6, 6.07) is 9.41. The molecular weight excluding hydrogens is 214 g/mol. The van der Waals surface area contributed by atoms with Crippen LogP contribution in [-0.4, -0.2) is 9.78 Å². The summed E-state index contributed by atoms with van der Waals surface area (Å²) in [7, 11) is 1.87. The molecule has 17 heavy (non-hydrogen) atoms. The zero-order valence-corrected chi connectivity index (χ0v) is 9.84. The van der Waals surface area contributed by atoms with E-state index in [-0.39, 0.29) is 0 Å². The minimum absolute atomic E-state index is 0.413. The van der Waals surface area contributed by atoms with Crippen LogP contribution >= 0.6 is 0 Å². The van der Waals surface area contributed by atoms with Gasteiger partial charge in [0.15, 0.2) is 0 Å². The number of rotatable bonds is 3. The highest BCUT2D eigenvalue weighted by molar-refractivity contribution is 5.41. The van der Waals surface area contributed by atoms with Crippen LogP contribution in [0.5, 0.6) is 5.75 Å². The average Bonchev–Trinajstić information content (AvgIpc) is 2.74. The Morgan fingerprint density at radius 3 is 2.88 bits per heavy atom. The molecule has 0 N–H and O–H groups in total. The van der Waals surface area contributed by atoms with Crippen LogP contribution in [0.3, 0.4) is 0 Å². The van der Waals surface area contributed by atoms with Gasteiger partial charge in [0.25, 0.3) is 0 Å². The molecule has 0 radical (unpaired) electrons. The zero-order valence-electron chi connectivity index (χ0n) is 9.84. The van der Waals surface area contributed by atoms with Crippen LogP contribution in [0.2, 0.25) is 0 Å². The Kier molecular flexibility index (Phi) is 3.10. The Hall–Kier alpha value is -2.28. The second-order valence-corrected chi connectivity index (χ2v) is 3.86. The van der Waals surface area contributed by atoms with E-state index in [0.29, 0.717) is 12.2 Å². The van der Waals surface area contributed by atoms with Crippen LogP contribution in [0.15, 0.2) is 30.5 Å². The van der Waals surface area contributed by atoms with Gasteiger partial charge in [-0.15, -0.1) is 0 Å². The molecule has 0 aliphatic carbocycles. The van der Waals surface area contributed by atoms with E-state index < -0.39 is 0 Å². The monoisotopic (exact) mass is 227 g/mol. The van der Waals surface area contributed by atoms with Crippen LogP contribution in [0, 0.1) is 18.3 Å². The predicted molar refractivity (Wildman–Crippen MR) is 63.4 cm³/mol. The highest BCUT2D eigenvalue weighted by Crippen LogP contribution is 2.20. The first-order chi connectivity index (χ1) is 8.19. The van der Waals surface area contributed by atoms with Crippen molar-refractivity contribution in [3.8, 4) is 11.8 Å². The molecule has 0 amide bonds. The average molecular weight is 227 g/mol. The number of nitriles is 1. The highest BCUT2D eigenvalue weighted by Gasteiger charge is 2.03. The molecule has 4 nitrogen and oxygen atoms in total. The topological polar surface area (TPSA) is 50.8 Å². The molecule has 0 fully saturated rings. The summed E-state index contributed by atoms with van der Waals surface area (Å²) in [5, 5.41) is 13.0. The maximum Gasteiger partial charge on any atom is 0.132 e. The van der Waals surface area contributed by atoms with Crippen molar-refractivity contribution in [2.24, 2.45) is 7.05 Å². The summed E-state index contributed by atoms with van der Waals surface area (Å²) < 4.78 is 7.39. The van der Waals surface area contributed by atoms with E-state index in [1.54, 1.807) is 16.8 Å². The first-order valence-electron chi connectivity index (χ1n) is 5.31. The molecule has 0 saturated heterocycles. The third kappa shape index (κ3) is 2.64. The minimum Gasteiger partial charge on any atom is -0.487 e. The van der Waals surface area contributed by atoms with E-state index >= 15 is 0 Å². The summed E-state index contributed by atoms with van der Waals surface area (Å²) in [6.45, 7) is 2.37. The third-order valence-corrected chi connectivity index (χ3v) is 2.46. The quantitative estimate of drug-likeness (QED) is 0.807. The van der Waals surface area contributed by atoms with Crippen molar-refractivity contribution < 1.29 is 4.74 Å². The molecule has 0 unspecified atom stereocenters. The fourth-order valence-corrected chi connectivity index (χ4v) is 1.52. The third-order valence-electron chi connectivity index (χ3n) is 2.46. The molecule has 0 spiro atoms. The summed E-state index contributed by atoms with van der Waals surface area (Å²) in [5.74, 6) is 0.731. The van der Waals surface area contributed by atoms with Crippen LogP contribution in [0.4, 0.5) is 0 Å². The van der Waals surface area contributed by atoms with Gasteiger partial charge in [0.2, 0.25) is 0 Å². The number of nitrogens with zero attached hydrogens (tertiary/aromatic N) is 3. The number of benzene rings is 1. The van der Waals surface area contributed by atoms with Gasteiger partial charge in [0, 0.05) is 13.2 Å². The molecule has 2 aromatic rings. The molecule has 0 bridgehead atoms. The summed E-state index contributed by atoms with van der Waals surface area (Å²) >= 11 is 0. The van der Waals surface area contributed by atoms with Crippen molar-refractivity contribution in [3.05, 3.63) is 47.3 Å². The van der Waals surface area contributed by atoms with Crippen molar-refractivity contribution in [3.63, 3.8) is 0 Å². The Bertz CT molecular complexity index is 566. The van der Waals surface area contributed by atoms with E-state index in [0.717, 1.165) is 17.0 Å². The molecule has 0 saturated carbocycles. The Morgan fingerprint density at radius 1 is 1.41 bits per heavy atom. The van der Waals surface area contributed by atoms with Gasteiger partial charge in [0.05, 0.1) is 17.3 Å². The smallest absolute Gasteiger partial charge is 0.132 e. The number of aromatic nitrogens is 2. The van der Waals surface area contributed by atoms with Gasteiger partial charge >= 0.3 is 0 Å². The van der Waals surface area contributed by atoms with Crippen molar-refractivity contribution >= 4 is 0 Å². The highest BCUT2D eigenvalue weighted by atomic mass is 16.5. The van der Waals surface area contributed by atoms with Gasteiger partial charge in [-0.25, -0.2) is 0 Å². The lowest BCUT2D eigenvalue weighted by Gasteiger charge is -2.07. The predicted octanol–water partition coefficient (Wildman–Crippen LogP) is 2.18. The molecular formula is C13H13N3O. The van der Waals surface area contributed by atoms with Crippen molar-refractivity contribution in [1.29, 1.82) is 5.26 Å². The Labute approximate surface area is 100 Å². The van der Waals surface area contributed by atoms with Crippen molar-refractivity contribution in [2.45, 2.75) is 13.5 Å². The van der Waals surface area contributed by atoms with Crippen molar-refractivity contribution in [2.75, 3.05) is 0 Å². The summed E-state index contributed by atoms with van der Waals surface area (Å²) in [6.07, 6.45) is 1.87. The second-order valence-electron chi connectivity index (χ2n) is 3.86. The molecule has 1 aromatic heterocycles. The number of aryl methyl sites for hydroxylation is 2. The summed E-state index contributed by atoms with van der Waals surface area (Å²) in [4.78, 5) is 0. The van der Waals surface area contributed by atoms with E-state index in [4.69, 9.17) is 10.00 Å². The lowest BCUT2D eigenvalue weighted by molar-refractivity contribution is 0.298. The van der Waals surface area contributed by atoms with Gasteiger partial charge in [-0.2, -0.15) is 10.4 Å². The first kappa shape index (κ1) is 11.2. The number of hydrogen-bond acceptors (Lipinski definition) is 3. The SMILES string of the molecule is Cc1ccc(C#N)cc1OCc1ccn(C)n1. The standard InChI is InChI=1S/C13H13N3O/c1-10-3-4-11(8-14)7-13(10)17-9-12-5-6-16(2)15-12/h3-7H,9H2,1-2H3. The van der Waals surface area contributed by atoms with Crippen LogP contribution in [0.1, 0.15) is 16.8 Å².